The number of aromatic nitrogens is 3. The lowest BCUT2D eigenvalue weighted by Gasteiger charge is -2.32. The maximum atomic E-state index is 12.7. The van der Waals surface area contributed by atoms with E-state index in [0.29, 0.717) is 13.1 Å². The lowest BCUT2D eigenvalue weighted by molar-refractivity contribution is -0.137. The fourth-order valence-electron chi connectivity index (χ4n) is 3.62. The van der Waals surface area contributed by atoms with Crippen molar-refractivity contribution in [3.63, 3.8) is 0 Å². The maximum Gasteiger partial charge on any atom is 0.227 e. The highest BCUT2D eigenvalue weighted by Crippen LogP contribution is 2.25. The van der Waals surface area contributed by atoms with Crippen molar-refractivity contribution in [2.45, 2.75) is 25.9 Å². The Balaban J connectivity index is 1.51. The topological polar surface area (TPSA) is 72.3 Å². The van der Waals surface area contributed by atoms with Gasteiger partial charge in [0.1, 0.15) is 5.75 Å². The maximum absolute atomic E-state index is 12.7. The Morgan fingerprint density at radius 3 is 2.80 bits per heavy atom. The van der Waals surface area contributed by atoms with E-state index < -0.39 is 0 Å². The molecular weight excluding hydrogens is 318 g/mol. The van der Waals surface area contributed by atoms with E-state index in [1.807, 2.05) is 29.2 Å². The second kappa shape index (κ2) is 6.84. The zero-order valence-corrected chi connectivity index (χ0v) is 14.4. The number of benzene rings is 1. The first-order valence-electron chi connectivity index (χ1n) is 8.82. The fraction of sp³-hybridized carbons (Fsp3) is 0.500. The molecule has 132 valence electrons. The third-order valence-corrected chi connectivity index (χ3v) is 5.06. The molecule has 0 spiro atoms. The first-order chi connectivity index (χ1) is 12.3. The Morgan fingerprint density at radius 1 is 1.24 bits per heavy atom. The summed E-state index contributed by atoms with van der Waals surface area (Å²) in [5.41, 5.74) is 1.01. The van der Waals surface area contributed by atoms with Gasteiger partial charge in [0, 0.05) is 25.2 Å². The number of rotatable bonds is 3. The molecule has 7 nitrogen and oxygen atoms in total. The largest absolute Gasteiger partial charge is 0.497 e. The van der Waals surface area contributed by atoms with Crippen LogP contribution in [0.3, 0.4) is 0 Å². The standard InChI is InChI=1S/C18H23N5O2/c1-25-15-6-4-13(5-7-15)17-21-20-16-12-22(9-10-23(16)17)18(24)14-3-2-8-19-11-14/h4-7,14,19H,2-3,8-12H2,1H3. The monoisotopic (exact) mass is 341 g/mol. The summed E-state index contributed by atoms with van der Waals surface area (Å²) < 4.78 is 7.32. The van der Waals surface area contributed by atoms with Gasteiger partial charge < -0.3 is 19.5 Å². The predicted molar refractivity (Wildman–Crippen MR) is 93.0 cm³/mol. The lowest BCUT2D eigenvalue weighted by Crippen LogP contribution is -2.46. The Bertz CT molecular complexity index is 749. The van der Waals surface area contributed by atoms with Crippen LogP contribution in [0.5, 0.6) is 5.75 Å². The van der Waals surface area contributed by atoms with Gasteiger partial charge in [0.05, 0.1) is 19.6 Å². The molecule has 1 N–H and O–H groups in total. The minimum absolute atomic E-state index is 0.101. The number of ether oxygens (including phenoxy) is 1. The molecule has 1 unspecified atom stereocenters. The molecule has 3 heterocycles. The Morgan fingerprint density at radius 2 is 2.08 bits per heavy atom. The summed E-state index contributed by atoms with van der Waals surface area (Å²) in [6.45, 7) is 3.79. The molecule has 0 aliphatic carbocycles. The number of nitrogens with zero attached hydrogens (tertiary/aromatic N) is 4. The number of carbonyl (C=O) groups is 1. The molecule has 0 saturated carbocycles. The summed E-state index contributed by atoms with van der Waals surface area (Å²) in [6.07, 6.45) is 2.05. The van der Waals surface area contributed by atoms with Gasteiger partial charge in [0.2, 0.25) is 5.91 Å². The zero-order chi connectivity index (χ0) is 17.2. The van der Waals surface area contributed by atoms with Crippen molar-refractivity contribution in [1.29, 1.82) is 0 Å². The van der Waals surface area contributed by atoms with Crippen molar-refractivity contribution in [1.82, 2.24) is 25.0 Å². The van der Waals surface area contributed by atoms with Crippen molar-refractivity contribution in [2.24, 2.45) is 5.92 Å². The van der Waals surface area contributed by atoms with Crippen LogP contribution in [0.25, 0.3) is 11.4 Å². The highest BCUT2D eigenvalue weighted by atomic mass is 16.5. The van der Waals surface area contributed by atoms with Gasteiger partial charge in [0.15, 0.2) is 11.6 Å². The average Bonchev–Trinajstić information content (AvgIpc) is 3.11. The number of fused-ring (bicyclic) bond motifs is 1. The number of methoxy groups -OCH3 is 1. The first-order valence-corrected chi connectivity index (χ1v) is 8.82. The number of carbonyl (C=O) groups excluding carboxylic acids is 1. The van der Waals surface area contributed by atoms with Gasteiger partial charge in [-0.3, -0.25) is 4.79 Å². The minimum Gasteiger partial charge on any atom is -0.497 e. The third kappa shape index (κ3) is 3.11. The van der Waals surface area contributed by atoms with Crippen molar-refractivity contribution < 1.29 is 9.53 Å². The molecule has 1 aromatic carbocycles. The van der Waals surface area contributed by atoms with Crippen LogP contribution in [0.1, 0.15) is 18.7 Å². The van der Waals surface area contributed by atoms with Crippen molar-refractivity contribution in [3.8, 4) is 17.1 Å². The second-order valence-corrected chi connectivity index (χ2v) is 6.62. The van der Waals surface area contributed by atoms with Gasteiger partial charge in [0.25, 0.3) is 0 Å². The highest BCUT2D eigenvalue weighted by molar-refractivity contribution is 5.79. The van der Waals surface area contributed by atoms with E-state index in [0.717, 1.165) is 55.4 Å². The van der Waals surface area contributed by atoms with Crippen LogP contribution >= 0.6 is 0 Å². The van der Waals surface area contributed by atoms with E-state index in [1.54, 1.807) is 7.11 Å². The SMILES string of the molecule is COc1ccc(-c2nnc3n2CCN(C(=O)C2CCCNC2)C3)cc1. The van der Waals surface area contributed by atoms with Crippen LogP contribution in [0.4, 0.5) is 0 Å². The molecule has 0 bridgehead atoms. The molecule has 1 aromatic heterocycles. The van der Waals surface area contributed by atoms with Gasteiger partial charge in [-0.1, -0.05) is 0 Å². The van der Waals surface area contributed by atoms with Crippen LogP contribution in [0.15, 0.2) is 24.3 Å². The summed E-state index contributed by atoms with van der Waals surface area (Å²) in [6, 6.07) is 7.82. The molecule has 4 rings (SSSR count). The van der Waals surface area contributed by atoms with Crippen LogP contribution in [-0.2, 0) is 17.9 Å². The zero-order valence-electron chi connectivity index (χ0n) is 14.4. The Hall–Kier alpha value is -2.41. The van der Waals surface area contributed by atoms with E-state index in [1.165, 1.54) is 0 Å². The molecule has 2 aromatic rings. The molecule has 0 radical (unpaired) electrons. The molecule has 2 aliphatic heterocycles. The van der Waals surface area contributed by atoms with Crippen LogP contribution in [-0.4, -0.2) is 52.3 Å². The van der Waals surface area contributed by atoms with E-state index in [-0.39, 0.29) is 11.8 Å². The van der Waals surface area contributed by atoms with Crippen LogP contribution in [0, 0.1) is 5.92 Å². The first kappa shape index (κ1) is 16.1. The number of nitrogens with one attached hydrogen (secondary N) is 1. The van der Waals surface area contributed by atoms with Crippen LogP contribution in [0.2, 0.25) is 0 Å². The van der Waals surface area contributed by atoms with E-state index in [2.05, 4.69) is 20.1 Å². The summed E-state index contributed by atoms with van der Waals surface area (Å²) >= 11 is 0. The Labute approximate surface area is 147 Å². The van der Waals surface area contributed by atoms with Gasteiger partial charge in [-0.15, -0.1) is 10.2 Å². The molecule has 1 amide bonds. The smallest absolute Gasteiger partial charge is 0.227 e. The molecule has 25 heavy (non-hydrogen) atoms. The molecular formula is C18H23N5O2. The quantitative estimate of drug-likeness (QED) is 0.911. The van der Waals surface area contributed by atoms with Crippen LogP contribution < -0.4 is 10.1 Å². The average molecular weight is 341 g/mol. The molecule has 1 fully saturated rings. The lowest BCUT2D eigenvalue weighted by atomic mass is 9.98. The normalized spacial score (nSPS) is 20.2. The Kier molecular flexibility index (Phi) is 4.40. The van der Waals surface area contributed by atoms with E-state index >= 15 is 0 Å². The minimum atomic E-state index is 0.101. The van der Waals surface area contributed by atoms with Gasteiger partial charge in [-0.2, -0.15) is 0 Å². The summed E-state index contributed by atoms with van der Waals surface area (Å²) in [5.74, 6) is 2.87. The number of amides is 1. The molecule has 7 heteroatoms. The molecule has 2 aliphatic rings. The number of piperidine rings is 1. The van der Waals surface area contributed by atoms with Gasteiger partial charge in [-0.05, 0) is 43.7 Å². The third-order valence-electron chi connectivity index (χ3n) is 5.06. The summed E-state index contributed by atoms with van der Waals surface area (Å²) in [4.78, 5) is 14.7. The second-order valence-electron chi connectivity index (χ2n) is 6.62. The van der Waals surface area contributed by atoms with E-state index in [9.17, 15) is 4.79 Å². The molecule has 1 atom stereocenters. The van der Waals surface area contributed by atoms with Crippen molar-refractivity contribution in [3.05, 3.63) is 30.1 Å². The highest BCUT2D eigenvalue weighted by Gasteiger charge is 2.30. The predicted octanol–water partition coefficient (Wildman–Crippen LogP) is 1.30. The summed E-state index contributed by atoms with van der Waals surface area (Å²) in [7, 11) is 1.65. The number of hydrogen-bond acceptors (Lipinski definition) is 5. The van der Waals surface area contributed by atoms with Crippen molar-refractivity contribution in [2.75, 3.05) is 26.7 Å². The summed E-state index contributed by atoms with van der Waals surface area (Å²) in [5, 5.41) is 12.0. The van der Waals surface area contributed by atoms with Gasteiger partial charge in [-0.25, -0.2) is 0 Å². The van der Waals surface area contributed by atoms with Gasteiger partial charge >= 0.3 is 0 Å². The number of hydrogen-bond donors (Lipinski definition) is 1. The fourth-order valence-corrected chi connectivity index (χ4v) is 3.62. The van der Waals surface area contributed by atoms with Crippen molar-refractivity contribution >= 4 is 5.91 Å². The molecule has 1 saturated heterocycles. The van der Waals surface area contributed by atoms with E-state index in [4.69, 9.17) is 4.74 Å².